The molecule has 0 fully saturated rings. The lowest BCUT2D eigenvalue weighted by molar-refractivity contribution is -0.121. The molecular formula is C14H23ClN2O2. The Morgan fingerprint density at radius 2 is 1.95 bits per heavy atom. The summed E-state index contributed by atoms with van der Waals surface area (Å²) in [6, 6.07) is 9.49. The van der Waals surface area contributed by atoms with Crippen molar-refractivity contribution in [1.29, 1.82) is 0 Å². The minimum absolute atomic E-state index is 0. The lowest BCUT2D eigenvalue weighted by atomic mass is 10.1. The Labute approximate surface area is 121 Å². The highest BCUT2D eigenvalue weighted by Crippen LogP contribution is 2.14. The third-order valence-electron chi connectivity index (χ3n) is 2.75. The molecule has 19 heavy (non-hydrogen) atoms. The van der Waals surface area contributed by atoms with Crippen LogP contribution in [0.4, 0.5) is 0 Å². The van der Waals surface area contributed by atoms with E-state index >= 15 is 0 Å². The summed E-state index contributed by atoms with van der Waals surface area (Å²) in [5, 5.41) is 15.7. The number of carbonyl (C=O) groups is 1. The summed E-state index contributed by atoms with van der Waals surface area (Å²) in [7, 11) is 1.87. The molecule has 0 aliphatic rings. The molecule has 1 unspecified atom stereocenters. The van der Waals surface area contributed by atoms with Gasteiger partial charge in [0.1, 0.15) is 0 Å². The lowest BCUT2D eigenvalue weighted by Crippen LogP contribution is -2.26. The van der Waals surface area contributed by atoms with Crippen LogP contribution in [0.5, 0.6) is 0 Å². The molecule has 0 bridgehead atoms. The topological polar surface area (TPSA) is 61.4 Å². The molecule has 4 nitrogen and oxygen atoms in total. The molecule has 108 valence electrons. The molecule has 0 aromatic heterocycles. The molecule has 3 N–H and O–H groups in total. The Morgan fingerprint density at radius 1 is 1.26 bits per heavy atom. The van der Waals surface area contributed by atoms with E-state index in [0.29, 0.717) is 19.4 Å². The van der Waals surface area contributed by atoms with Crippen LogP contribution in [-0.4, -0.2) is 31.2 Å². The van der Waals surface area contributed by atoms with Gasteiger partial charge in [-0.05, 0) is 32.0 Å². The second-order valence-corrected chi connectivity index (χ2v) is 4.27. The molecule has 0 heterocycles. The molecule has 1 aromatic rings. The maximum atomic E-state index is 11.4. The highest BCUT2D eigenvalue weighted by Gasteiger charge is 2.07. The SMILES string of the molecule is CNCCCC(=O)NCCC(O)c1ccccc1.Cl. The van der Waals surface area contributed by atoms with Gasteiger partial charge in [-0.25, -0.2) is 0 Å². The van der Waals surface area contributed by atoms with E-state index in [1.54, 1.807) is 0 Å². The van der Waals surface area contributed by atoms with Crippen LogP contribution in [0.15, 0.2) is 30.3 Å². The van der Waals surface area contributed by atoms with Crippen LogP contribution in [0.1, 0.15) is 30.9 Å². The van der Waals surface area contributed by atoms with Gasteiger partial charge in [0.05, 0.1) is 6.10 Å². The van der Waals surface area contributed by atoms with Gasteiger partial charge in [-0.3, -0.25) is 4.79 Å². The highest BCUT2D eigenvalue weighted by atomic mass is 35.5. The fraction of sp³-hybridized carbons (Fsp3) is 0.500. The molecule has 0 aliphatic heterocycles. The van der Waals surface area contributed by atoms with Crippen LogP contribution >= 0.6 is 12.4 Å². The van der Waals surface area contributed by atoms with Crippen molar-refractivity contribution in [2.75, 3.05) is 20.1 Å². The fourth-order valence-corrected chi connectivity index (χ4v) is 1.70. The first-order chi connectivity index (χ1) is 8.74. The van der Waals surface area contributed by atoms with E-state index in [4.69, 9.17) is 0 Å². The third kappa shape index (κ3) is 7.82. The first-order valence-electron chi connectivity index (χ1n) is 6.38. The van der Waals surface area contributed by atoms with Gasteiger partial charge in [-0.2, -0.15) is 0 Å². The van der Waals surface area contributed by atoms with Crippen molar-refractivity contribution in [2.45, 2.75) is 25.4 Å². The maximum absolute atomic E-state index is 11.4. The molecule has 1 aromatic carbocycles. The van der Waals surface area contributed by atoms with E-state index in [0.717, 1.165) is 18.5 Å². The monoisotopic (exact) mass is 286 g/mol. The van der Waals surface area contributed by atoms with Gasteiger partial charge in [-0.15, -0.1) is 12.4 Å². The van der Waals surface area contributed by atoms with E-state index in [2.05, 4.69) is 10.6 Å². The summed E-state index contributed by atoms with van der Waals surface area (Å²) in [5.41, 5.74) is 0.891. The van der Waals surface area contributed by atoms with Gasteiger partial charge in [0, 0.05) is 13.0 Å². The Morgan fingerprint density at radius 3 is 2.58 bits per heavy atom. The molecule has 0 radical (unpaired) electrons. The van der Waals surface area contributed by atoms with Gasteiger partial charge in [0.25, 0.3) is 0 Å². The minimum Gasteiger partial charge on any atom is -0.388 e. The number of aliphatic hydroxyl groups excluding tert-OH is 1. The van der Waals surface area contributed by atoms with E-state index in [1.807, 2.05) is 37.4 Å². The Balaban J connectivity index is 0.00000324. The second-order valence-electron chi connectivity index (χ2n) is 4.27. The number of nitrogens with one attached hydrogen (secondary N) is 2. The smallest absolute Gasteiger partial charge is 0.220 e. The number of hydrogen-bond acceptors (Lipinski definition) is 3. The first-order valence-corrected chi connectivity index (χ1v) is 6.38. The minimum atomic E-state index is -0.510. The fourth-order valence-electron chi connectivity index (χ4n) is 1.70. The summed E-state index contributed by atoms with van der Waals surface area (Å²) < 4.78 is 0. The van der Waals surface area contributed by atoms with Crippen molar-refractivity contribution >= 4 is 18.3 Å². The van der Waals surface area contributed by atoms with Crippen molar-refractivity contribution in [1.82, 2.24) is 10.6 Å². The molecule has 0 aliphatic carbocycles. The van der Waals surface area contributed by atoms with Gasteiger partial charge < -0.3 is 15.7 Å². The zero-order valence-electron chi connectivity index (χ0n) is 11.3. The van der Waals surface area contributed by atoms with Crippen molar-refractivity contribution in [3.8, 4) is 0 Å². The van der Waals surface area contributed by atoms with Crippen LogP contribution < -0.4 is 10.6 Å². The summed E-state index contributed by atoms with van der Waals surface area (Å²) in [6.45, 7) is 1.36. The molecule has 1 rings (SSSR count). The van der Waals surface area contributed by atoms with E-state index in [1.165, 1.54) is 0 Å². The highest BCUT2D eigenvalue weighted by molar-refractivity contribution is 5.85. The number of amides is 1. The van der Waals surface area contributed by atoms with Crippen LogP contribution in [0, 0.1) is 0 Å². The van der Waals surface area contributed by atoms with E-state index in [9.17, 15) is 9.90 Å². The average Bonchev–Trinajstić information content (AvgIpc) is 2.40. The standard InChI is InChI=1S/C14H22N2O2.ClH/c1-15-10-5-8-14(18)16-11-9-13(17)12-6-3-2-4-7-12;/h2-4,6-7,13,15,17H,5,8-11H2,1H3,(H,16,18);1H. The Bertz CT molecular complexity index is 347. The summed E-state index contributed by atoms with van der Waals surface area (Å²) >= 11 is 0. The predicted octanol–water partition coefficient (Wildman–Crippen LogP) is 1.65. The zero-order valence-corrected chi connectivity index (χ0v) is 12.1. The molecule has 1 atom stereocenters. The number of benzene rings is 1. The third-order valence-corrected chi connectivity index (χ3v) is 2.75. The molecular weight excluding hydrogens is 264 g/mol. The molecule has 5 heteroatoms. The molecule has 0 spiro atoms. The number of halogens is 1. The zero-order chi connectivity index (χ0) is 13.2. The van der Waals surface area contributed by atoms with Crippen molar-refractivity contribution in [3.63, 3.8) is 0 Å². The van der Waals surface area contributed by atoms with Crippen molar-refractivity contribution in [3.05, 3.63) is 35.9 Å². The number of rotatable bonds is 8. The first kappa shape index (κ1) is 17.9. The lowest BCUT2D eigenvalue weighted by Gasteiger charge is -2.11. The van der Waals surface area contributed by atoms with Crippen molar-refractivity contribution < 1.29 is 9.90 Å². The molecule has 0 saturated heterocycles. The van der Waals surface area contributed by atoms with E-state index < -0.39 is 6.10 Å². The summed E-state index contributed by atoms with van der Waals surface area (Å²) in [5.74, 6) is 0.0468. The largest absolute Gasteiger partial charge is 0.388 e. The number of aliphatic hydroxyl groups is 1. The maximum Gasteiger partial charge on any atom is 0.220 e. The van der Waals surface area contributed by atoms with Gasteiger partial charge in [-0.1, -0.05) is 30.3 Å². The average molecular weight is 287 g/mol. The van der Waals surface area contributed by atoms with Gasteiger partial charge in [0.2, 0.25) is 5.91 Å². The molecule has 0 saturated carbocycles. The van der Waals surface area contributed by atoms with Gasteiger partial charge >= 0.3 is 0 Å². The van der Waals surface area contributed by atoms with Crippen LogP contribution in [0.2, 0.25) is 0 Å². The normalized spacial score (nSPS) is 11.5. The second kappa shape index (κ2) is 10.8. The van der Waals surface area contributed by atoms with Crippen LogP contribution in [-0.2, 0) is 4.79 Å². The predicted molar refractivity (Wildman–Crippen MR) is 79.4 cm³/mol. The molecule has 1 amide bonds. The van der Waals surface area contributed by atoms with Crippen molar-refractivity contribution in [2.24, 2.45) is 0 Å². The summed E-state index contributed by atoms with van der Waals surface area (Å²) in [4.78, 5) is 11.4. The number of hydrogen-bond donors (Lipinski definition) is 3. The Hall–Kier alpha value is -1.10. The summed E-state index contributed by atoms with van der Waals surface area (Å²) in [6.07, 6.45) is 1.40. The number of carbonyl (C=O) groups excluding carboxylic acids is 1. The Kier molecular flexibility index (Phi) is 10.2. The van der Waals surface area contributed by atoms with Gasteiger partial charge in [0.15, 0.2) is 0 Å². The quantitative estimate of drug-likeness (QED) is 0.637. The van der Waals surface area contributed by atoms with E-state index in [-0.39, 0.29) is 18.3 Å². The van der Waals surface area contributed by atoms with Crippen LogP contribution in [0.25, 0.3) is 0 Å². The van der Waals surface area contributed by atoms with Crippen LogP contribution in [0.3, 0.4) is 0 Å².